The minimum Gasteiger partial charge on any atom is -0.329 e. The standard InChI is InChI=1S/C13H13ClFN3OS/c1-7-6-20-12(16-7)8(2)17-13(19)18-11-5-9(14)3-4-10(11)15/h3-6,8H,1-2H3,(H2,17,18,19)/t8-/m1/s1. The summed E-state index contributed by atoms with van der Waals surface area (Å²) in [5, 5.41) is 8.17. The summed E-state index contributed by atoms with van der Waals surface area (Å²) < 4.78 is 13.5. The molecule has 0 fully saturated rings. The number of amides is 2. The van der Waals surface area contributed by atoms with Crippen molar-refractivity contribution in [3.8, 4) is 0 Å². The van der Waals surface area contributed by atoms with E-state index in [0.29, 0.717) is 5.02 Å². The van der Waals surface area contributed by atoms with Crippen molar-refractivity contribution in [3.05, 3.63) is 45.1 Å². The molecule has 7 heteroatoms. The summed E-state index contributed by atoms with van der Waals surface area (Å²) in [5.74, 6) is -0.540. The number of urea groups is 1. The first kappa shape index (κ1) is 14.7. The van der Waals surface area contributed by atoms with Gasteiger partial charge in [-0.15, -0.1) is 11.3 Å². The molecule has 1 aromatic heterocycles. The lowest BCUT2D eigenvalue weighted by molar-refractivity contribution is 0.249. The van der Waals surface area contributed by atoms with Crippen molar-refractivity contribution in [2.24, 2.45) is 0 Å². The Hall–Kier alpha value is -1.66. The van der Waals surface area contributed by atoms with Gasteiger partial charge in [-0.05, 0) is 32.0 Å². The van der Waals surface area contributed by atoms with Crippen LogP contribution in [0.5, 0.6) is 0 Å². The number of hydrogen-bond acceptors (Lipinski definition) is 3. The van der Waals surface area contributed by atoms with Gasteiger partial charge in [-0.25, -0.2) is 14.2 Å². The number of nitrogens with zero attached hydrogens (tertiary/aromatic N) is 1. The van der Waals surface area contributed by atoms with E-state index in [0.717, 1.165) is 10.7 Å². The maximum Gasteiger partial charge on any atom is 0.319 e. The molecule has 1 aromatic carbocycles. The second-order valence-corrected chi connectivity index (χ2v) is 5.60. The van der Waals surface area contributed by atoms with Gasteiger partial charge in [0.1, 0.15) is 10.8 Å². The number of carbonyl (C=O) groups excluding carboxylic acids is 1. The first-order chi connectivity index (χ1) is 9.45. The highest BCUT2D eigenvalue weighted by molar-refractivity contribution is 7.09. The third-order valence-electron chi connectivity index (χ3n) is 2.53. The molecular weight excluding hydrogens is 301 g/mol. The first-order valence-electron chi connectivity index (χ1n) is 5.90. The van der Waals surface area contributed by atoms with Crippen molar-refractivity contribution in [1.82, 2.24) is 10.3 Å². The Kier molecular flexibility index (Phi) is 4.57. The number of nitrogens with one attached hydrogen (secondary N) is 2. The van der Waals surface area contributed by atoms with Crippen LogP contribution in [0.4, 0.5) is 14.9 Å². The van der Waals surface area contributed by atoms with Crippen molar-refractivity contribution >= 4 is 34.7 Å². The van der Waals surface area contributed by atoms with Crippen LogP contribution in [0.2, 0.25) is 5.02 Å². The summed E-state index contributed by atoms with van der Waals surface area (Å²) in [7, 11) is 0. The molecule has 0 saturated heterocycles. The van der Waals surface area contributed by atoms with Gasteiger partial charge in [-0.3, -0.25) is 0 Å². The Morgan fingerprint density at radius 1 is 1.50 bits per heavy atom. The molecule has 0 spiro atoms. The average molecular weight is 314 g/mol. The van der Waals surface area contributed by atoms with E-state index in [1.165, 1.54) is 29.5 Å². The lowest BCUT2D eigenvalue weighted by Gasteiger charge is -2.13. The molecule has 0 aliphatic carbocycles. The number of aryl methyl sites for hydroxylation is 1. The van der Waals surface area contributed by atoms with Crippen LogP contribution in [0, 0.1) is 12.7 Å². The highest BCUT2D eigenvalue weighted by atomic mass is 35.5. The third-order valence-corrected chi connectivity index (χ3v) is 3.91. The van der Waals surface area contributed by atoms with E-state index in [-0.39, 0.29) is 11.7 Å². The van der Waals surface area contributed by atoms with Crippen LogP contribution in [-0.4, -0.2) is 11.0 Å². The zero-order valence-corrected chi connectivity index (χ0v) is 12.5. The first-order valence-corrected chi connectivity index (χ1v) is 7.16. The normalized spacial score (nSPS) is 12.0. The molecule has 2 amide bonds. The molecule has 0 aliphatic rings. The number of rotatable bonds is 3. The van der Waals surface area contributed by atoms with Crippen LogP contribution in [0.3, 0.4) is 0 Å². The van der Waals surface area contributed by atoms with Gasteiger partial charge in [0, 0.05) is 16.1 Å². The van der Waals surface area contributed by atoms with E-state index in [1.54, 1.807) is 0 Å². The Labute approximate surface area is 125 Å². The maximum atomic E-state index is 13.5. The summed E-state index contributed by atoms with van der Waals surface area (Å²) in [6.45, 7) is 3.69. The van der Waals surface area contributed by atoms with Crippen molar-refractivity contribution in [3.63, 3.8) is 0 Å². The van der Waals surface area contributed by atoms with Crippen LogP contribution in [0.15, 0.2) is 23.6 Å². The van der Waals surface area contributed by atoms with E-state index in [4.69, 9.17) is 11.6 Å². The molecule has 0 bridgehead atoms. The average Bonchev–Trinajstić information content (AvgIpc) is 2.80. The highest BCUT2D eigenvalue weighted by Gasteiger charge is 2.14. The lowest BCUT2D eigenvalue weighted by atomic mass is 10.3. The van der Waals surface area contributed by atoms with Gasteiger partial charge in [0.25, 0.3) is 0 Å². The quantitative estimate of drug-likeness (QED) is 0.895. The molecule has 0 radical (unpaired) electrons. The van der Waals surface area contributed by atoms with E-state index in [9.17, 15) is 9.18 Å². The van der Waals surface area contributed by atoms with Crippen LogP contribution in [0.25, 0.3) is 0 Å². The summed E-state index contributed by atoms with van der Waals surface area (Å²) in [4.78, 5) is 16.1. The molecule has 1 heterocycles. The van der Waals surface area contributed by atoms with Crippen molar-refractivity contribution in [1.29, 1.82) is 0 Å². The Morgan fingerprint density at radius 2 is 2.25 bits per heavy atom. The van der Waals surface area contributed by atoms with Crippen molar-refractivity contribution in [2.75, 3.05) is 5.32 Å². The second kappa shape index (κ2) is 6.19. The largest absolute Gasteiger partial charge is 0.329 e. The molecule has 0 aliphatic heterocycles. The van der Waals surface area contributed by atoms with Crippen LogP contribution in [-0.2, 0) is 0 Å². The van der Waals surface area contributed by atoms with Gasteiger partial charge < -0.3 is 10.6 Å². The molecule has 20 heavy (non-hydrogen) atoms. The number of hydrogen-bond donors (Lipinski definition) is 2. The van der Waals surface area contributed by atoms with Crippen molar-refractivity contribution in [2.45, 2.75) is 19.9 Å². The second-order valence-electron chi connectivity index (χ2n) is 4.27. The van der Waals surface area contributed by atoms with Crippen molar-refractivity contribution < 1.29 is 9.18 Å². The van der Waals surface area contributed by atoms with Gasteiger partial charge in [0.15, 0.2) is 0 Å². The van der Waals surface area contributed by atoms with E-state index in [2.05, 4.69) is 15.6 Å². The number of thiazole rings is 1. The van der Waals surface area contributed by atoms with Crippen LogP contribution >= 0.6 is 22.9 Å². The van der Waals surface area contributed by atoms with Gasteiger partial charge >= 0.3 is 6.03 Å². The third kappa shape index (κ3) is 3.68. The summed E-state index contributed by atoms with van der Waals surface area (Å²) in [6.07, 6.45) is 0. The molecule has 2 rings (SSSR count). The number of halogens is 2. The Balaban J connectivity index is 2.00. The fraction of sp³-hybridized carbons (Fsp3) is 0.231. The van der Waals surface area contributed by atoms with Gasteiger partial charge in [-0.2, -0.15) is 0 Å². The molecular formula is C13H13ClFN3OS. The Morgan fingerprint density at radius 3 is 2.90 bits per heavy atom. The zero-order valence-electron chi connectivity index (χ0n) is 10.9. The minimum absolute atomic E-state index is 0.0394. The topological polar surface area (TPSA) is 54.0 Å². The van der Waals surface area contributed by atoms with E-state index < -0.39 is 11.8 Å². The molecule has 106 valence electrons. The van der Waals surface area contributed by atoms with Gasteiger partial charge in [0.2, 0.25) is 0 Å². The zero-order chi connectivity index (χ0) is 14.7. The maximum absolute atomic E-state index is 13.5. The van der Waals surface area contributed by atoms with Gasteiger partial charge in [-0.1, -0.05) is 11.6 Å². The van der Waals surface area contributed by atoms with Crippen LogP contribution in [0.1, 0.15) is 23.7 Å². The van der Waals surface area contributed by atoms with E-state index in [1.807, 2.05) is 19.2 Å². The minimum atomic E-state index is -0.540. The predicted octanol–water partition coefficient (Wildman–Crippen LogP) is 4.13. The molecule has 0 unspecified atom stereocenters. The summed E-state index contributed by atoms with van der Waals surface area (Å²) in [5.41, 5.74) is 0.942. The smallest absolute Gasteiger partial charge is 0.319 e. The fourth-order valence-corrected chi connectivity index (χ4v) is 2.56. The number of aromatic nitrogens is 1. The predicted molar refractivity (Wildman–Crippen MR) is 78.8 cm³/mol. The lowest BCUT2D eigenvalue weighted by Crippen LogP contribution is -2.31. The number of benzene rings is 1. The highest BCUT2D eigenvalue weighted by Crippen LogP contribution is 2.20. The van der Waals surface area contributed by atoms with Crippen LogP contribution < -0.4 is 10.6 Å². The number of anilines is 1. The molecule has 4 nitrogen and oxygen atoms in total. The van der Waals surface area contributed by atoms with E-state index >= 15 is 0 Å². The molecule has 2 aromatic rings. The molecule has 2 N–H and O–H groups in total. The SMILES string of the molecule is Cc1csc([C@@H](C)NC(=O)Nc2cc(Cl)ccc2F)n1. The number of carbonyl (C=O) groups is 1. The monoisotopic (exact) mass is 313 g/mol. The molecule has 0 saturated carbocycles. The fourth-order valence-electron chi connectivity index (χ4n) is 1.58. The molecule has 1 atom stereocenters. The summed E-state index contributed by atoms with van der Waals surface area (Å²) >= 11 is 7.22. The van der Waals surface area contributed by atoms with Gasteiger partial charge in [0.05, 0.1) is 11.7 Å². The summed E-state index contributed by atoms with van der Waals surface area (Å²) in [6, 6.07) is 3.21. The Bertz CT molecular complexity index is 632.